The monoisotopic (exact) mass is 851 g/mol. The Kier molecular flexibility index (Phi) is 19.1. The van der Waals surface area contributed by atoms with Gasteiger partial charge in [0.05, 0.1) is 6.42 Å². The Bertz CT molecular complexity index is 2060. The summed E-state index contributed by atoms with van der Waals surface area (Å²) in [6.45, 7) is 4.51. The van der Waals surface area contributed by atoms with Crippen molar-refractivity contribution in [2.75, 3.05) is 0 Å². The molecule has 0 unspecified atom stereocenters. The van der Waals surface area contributed by atoms with Crippen LogP contribution in [-0.4, -0.2) is 65.5 Å². The molecule has 0 aliphatic rings. The number of hydrogen-bond donors (Lipinski definition) is 3. The van der Waals surface area contributed by atoms with E-state index in [-0.39, 0.29) is 52.1 Å². The fourth-order valence-corrected chi connectivity index (χ4v) is 5.67. The molecule has 3 amide bonds. The smallest absolute Gasteiger partial charge is 0.408 e. The number of alkyl carbamates (subject to hydrolysis) is 1. The zero-order valence-electron chi connectivity index (χ0n) is 35.0. The van der Waals surface area contributed by atoms with E-state index >= 15 is 0 Å². The van der Waals surface area contributed by atoms with Gasteiger partial charge in [-0.2, -0.15) is 0 Å². The van der Waals surface area contributed by atoms with Gasteiger partial charge < -0.3 is 39.6 Å². The van der Waals surface area contributed by atoms with Crippen molar-refractivity contribution in [2.24, 2.45) is 0 Å². The lowest BCUT2D eigenvalue weighted by molar-refractivity contribution is -0.152. The molecule has 15 heteroatoms. The van der Waals surface area contributed by atoms with Crippen LogP contribution < -0.4 is 16.0 Å². The summed E-state index contributed by atoms with van der Waals surface area (Å²) >= 11 is 0. The van der Waals surface area contributed by atoms with E-state index in [9.17, 15) is 33.6 Å². The third-order valence-corrected chi connectivity index (χ3v) is 8.83. The Morgan fingerprint density at radius 3 is 1.19 bits per heavy atom. The van der Waals surface area contributed by atoms with Gasteiger partial charge in [0, 0.05) is 12.8 Å². The van der Waals surface area contributed by atoms with Gasteiger partial charge in [-0.1, -0.05) is 121 Å². The van der Waals surface area contributed by atoms with Gasteiger partial charge in [-0.25, -0.2) is 14.4 Å². The highest BCUT2D eigenvalue weighted by Crippen LogP contribution is 2.13. The first-order valence-corrected chi connectivity index (χ1v) is 20.1. The van der Waals surface area contributed by atoms with Crippen LogP contribution in [-0.2, 0) is 78.9 Å². The molecule has 62 heavy (non-hydrogen) atoms. The molecular formula is C47H53N3O12. The summed E-state index contributed by atoms with van der Waals surface area (Å²) in [6.07, 6.45) is -2.87. The molecule has 0 heterocycles. The van der Waals surface area contributed by atoms with Crippen molar-refractivity contribution in [1.82, 2.24) is 16.0 Å². The highest BCUT2D eigenvalue weighted by molar-refractivity contribution is 5.94. The van der Waals surface area contributed by atoms with Crippen LogP contribution in [0.25, 0.3) is 0 Å². The second-order valence-electron chi connectivity index (χ2n) is 15.1. The van der Waals surface area contributed by atoms with Gasteiger partial charge in [0.15, 0.2) is 0 Å². The number of hydrogen-bond acceptors (Lipinski definition) is 12. The quantitative estimate of drug-likeness (QED) is 0.0638. The first-order chi connectivity index (χ1) is 29.7. The van der Waals surface area contributed by atoms with Gasteiger partial charge in [-0.05, 0) is 55.9 Å². The number of carbonyl (C=O) groups excluding carboxylic acids is 7. The zero-order chi connectivity index (χ0) is 44.7. The molecule has 4 aromatic rings. The molecule has 3 N–H and O–H groups in total. The molecule has 0 saturated heterocycles. The largest absolute Gasteiger partial charge is 0.461 e. The molecule has 0 saturated carbocycles. The second kappa shape index (κ2) is 24.9. The fourth-order valence-electron chi connectivity index (χ4n) is 5.67. The summed E-state index contributed by atoms with van der Waals surface area (Å²) in [4.78, 5) is 93.0. The maximum atomic E-state index is 14.0. The number of amides is 3. The molecule has 0 fully saturated rings. The fraction of sp³-hybridized carbons (Fsp3) is 0.340. The maximum Gasteiger partial charge on any atom is 0.408 e. The van der Waals surface area contributed by atoms with Gasteiger partial charge >= 0.3 is 30.0 Å². The van der Waals surface area contributed by atoms with E-state index in [0.717, 1.165) is 11.1 Å². The van der Waals surface area contributed by atoms with Crippen LogP contribution in [0.2, 0.25) is 0 Å². The third kappa shape index (κ3) is 18.5. The van der Waals surface area contributed by atoms with Gasteiger partial charge in [-0.15, -0.1) is 0 Å². The van der Waals surface area contributed by atoms with Crippen LogP contribution in [0, 0.1) is 0 Å². The van der Waals surface area contributed by atoms with Gasteiger partial charge in [-0.3, -0.25) is 19.2 Å². The lowest BCUT2D eigenvalue weighted by Crippen LogP contribution is -2.54. The van der Waals surface area contributed by atoms with Crippen molar-refractivity contribution >= 4 is 41.8 Å². The minimum Gasteiger partial charge on any atom is -0.461 e. The Labute approximate surface area is 360 Å². The van der Waals surface area contributed by atoms with Gasteiger partial charge in [0.25, 0.3) is 0 Å². The number of rotatable bonds is 22. The summed E-state index contributed by atoms with van der Waals surface area (Å²) in [7, 11) is 0. The van der Waals surface area contributed by atoms with E-state index in [2.05, 4.69) is 16.0 Å². The SMILES string of the molecule is CC(C)(C)OC(=O)N[C@@H](CC(=O)N[C@H](CCC(=O)OCc1ccccc1)C(=O)OCc1ccccc1)C(=O)N[C@H](CCC(=O)OCc1ccccc1)C(=O)OCc1ccccc1. The van der Waals surface area contributed by atoms with Crippen molar-refractivity contribution in [3.8, 4) is 0 Å². The van der Waals surface area contributed by atoms with Crippen LogP contribution in [0.1, 0.15) is 75.1 Å². The molecule has 3 atom stereocenters. The Morgan fingerprint density at radius 1 is 0.468 bits per heavy atom. The molecule has 4 rings (SSSR count). The van der Waals surface area contributed by atoms with Crippen molar-refractivity contribution in [1.29, 1.82) is 0 Å². The van der Waals surface area contributed by atoms with E-state index in [4.69, 9.17) is 23.7 Å². The van der Waals surface area contributed by atoms with Crippen LogP contribution >= 0.6 is 0 Å². The minimum absolute atomic E-state index is 0.00204. The molecule has 0 radical (unpaired) electrons. The lowest BCUT2D eigenvalue weighted by atomic mass is 10.1. The van der Waals surface area contributed by atoms with Gasteiger partial charge in [0.2, 0.25) is 11.8 Å². The Balaban J connectivity index is 1.48. The molecule has 328 valence electrons. The molecule has 0 aliphatic heterocycles. The highest BCUT2D eigenvalue weighted by atomic mass is 16.6. The normalized spacial score (nSPS) is 12.3. The number of esters is 4. The van der Waals surface area contributed by atoms with Crippen molar-refractivity contribution < 1.29 is 57.2 Å². The number of benzene rings is 4. The average Bonchev–Trinajstić information content (AvgIpc) is 3.26. The summed E-state index contributed by atoms with van der Waals surface area (Å²) in [5.74, 6) is -4.94. The molecule has 4 aromatic carbocycles. The van der Waals surface area contributed by atoms with E-state index < -0.39 is 71.9 Å². The van der Waals surface area contributed by atoms with Gasteiger partial charge in [0.1, 0.15) is 50.2 Å². The van der Waals surface area contributed by atoms with Crippen LogP contribution in [0.3, 0.4) is 0 Å². The van der Waals surface area contributed by atoms with E-state index in [1.54, 1.807) is 130 Å². The zero-order valence-corrected chi connectivity index (χ0v) is 35.0. The van der Waals surface area contributed by atoms with Crippen LogP contribution in [0.4, 0.5) is 4.79 Å². The van der Waals surface area contributed by atoms with Crippen molar-refractivity contribution in [2.45, 2.75) is 103 Å². The first kappa shape index (κ1) is 47.6. The Hall–Kier alpha value is -7.03. The lowest BCUT2D eigenvalue weighted by Gasteiger charge is -2.25. The predicted octanol–water partition coefficient (Wildman–Crippen LogP) is 5.77. The minimum atomic E-state index is -1.67. The molecule has 0 bridgehead atoms. The molecule has 0 aliphatic carbocycles. The standard InChI is InChI=1S/C47H53N3O12/c1-47(2,3)62-46(57)50-39(43(54)49-38(45(56)61-32-36-22-14-7-15-23-36)25-27-42(53)59-30-34-18-10-5-11-19-34)28-40(51)48-37(44(55)60-31-35-20-12-6-13-21-35)24-26-41(52)58-29-33-16-8-4-9-17-33/h4-23,37-39H,24-32H2,1-3H3,(H,48,51)(H,49,54)(H,50,57)/t37-,38-,39+/m1/s1. The van der Waals surface area contributed by atoms with Crippen LogP contribution in [0.15, 0.2) is 121 Å². The predicted molar refractivity (Wildman–Crippen MR) is 225 cm³/mol. The molecule has 0 aromatic heterocycles. The van der Waals surface area contributed by atoms with E-state index in [0.29, 0.717) is 11.1 Å². The average molecular weight is 852 g/mol. The second-order valence-corrected chi connectivity index (χ2v) is 15.1. The van der Waals surface area contributed by atoms with E-state index in [1.807, 2.05) is 12.1 Å². The molecule has 15 nitrogen and oxygen atoms in total. The Morgan fingerprint density at radius 2 is 0.823 bits per heavy atom. The van der Waals surface area contributed by atoms with Crippen LogP contribution in [0.5, 0.6) is 0 Å². The number of carbonyl (C=O) groups is 7. The number of nitrogens with one attached hydrogen (secondary N) is 3. The summed E-state index contributed by atoms with van der Waals surface area (Å²) < 4.78 is 27.1. The van der Waals surface area contributed by atoms with Crippen molar-refractivity contribution in [3.63, 3.8) is 0 Å². The molecular weight excluding hydrogens is 799 g/mol. The maximum absolute atomic E-state index is 14.0. The summed E-state index contributed by atoms with van der Waals surface area (Å²) in [5.41, 5.74) is 1.84. The topological polar surface area (TPSA) is 202 Å². The summed E-state index contributed by atoms with van der Waals surface area (Å²) in [5, 5.41) is 7.41. The van der Waals surface area contributed by atoms with E-state index in [1.165, 1.54) is 0 Å². The molecule has 0 spiro atoms. The highest BCUT2D eigenvalue weighted by Gasteiger charge is 2.33. The van der Waals surface area contributed by atoms with Crippen molar-refractivity contribution in [3.05, 3.63) is 144 Å². The first-order valence-electron chi connectivity index (χ1n) is 20.1. The summed E-state index contributed by atoms with van der Waals surface area (Å²) in [6, 6.07) is 31.1. The third-order valence-electron chi connectivity index (χ3n) is 8.83. The number of ether oxygens (including phenoxy) is 5.